The maximum absolute atomic E-state index is 11.2. The number of ketones is 1. The molecule has 1 rings (SSSR count). The van der Waals surface area contributed by atoms with Gasteiger partial charge in [-0.15, -0.1) is 0 Å². The standard InChI is InChI=1S/C8H10N2O2/c1-12-5-7(11)8-6(9)3-2-4-10-8/h2-4H,5,9H2,1H3. The molecule has 0 unspecified atom stereocenters. The second kappa shape index (κ2) is 3.82. The molecule has 2 N–H and O–H groups in total. The first kappa shape index (κ1) is 8.67. The fraction of sp³-hybridized carbons (Fsp3) is 0.250. The number of carbonyl (C=O) groups excluding carboxylic acids is 1. The van der Waals surface area contributed by atoms with E-state index in [0.29, 0.717) is 5.69 Å². The van der Waals surface area contributed by atoms with E-state index in [1.54, 1.807) is 12.1 Å². The van der Waals surface area contributed by atoms with Crippen LogP contribution in [0.2, 0.25) is 0 Å². The van der Waals surface area contributed by atoms with Crippen molar-refractivity contribution in [1.82, 2.24) is 4.98 Å². The van der Waals surface area contributed by atoms with Gasteiger partial charge >= 0.3 is 0 Å². The Labute approximate surface area is 70.4 Å². The van der Waals surface area contributed by atoms with Gasteiger partial charge in [0, 0.05) is 13.3 Å². The van der Waals surface area contributed by atoms with E-state index >= 15 is 0 Å². The van der Waals surface area contributed by atoms with Crippen LogP contribution in [0, 0.1) is 0 Å². The second-order valence-corrected chi connectivity index (χ2v) is 2.30. The summed E-state index contributed by atoms with van der Waals surface area (Å²) in [4.78, 5) is 15.0. The van der Waals surface area contributed by atoms with Crippen LogP contribution in [0.5, 0.6) is 0 Å². The van der Waals surface area contributed by atoms with Gasteiger partial charge in [-0.2, -0.15) is 0 Å². The van der Waals surface area contributed by atoms with Gasteiger partial charge in [-0.05, 0) is 12.1 Å². The number of anilines is 1. The summed E-state index contributed by atoms with van der Waals surface area (Å²) < 4.78 is 4.67. The van der Waals surface area contributed by atoms with Gasteiger partial charge in [-0.25, -0.2) is 0 Å². The van der Waals surface area contributed by atoms with Crippen molar-refractivity contribution in [2.45, 2.75) is 0 Å². The van der Waals surface area contributed by atoms with Crippen LogP contribution in [0.25, 0.3) is 0 Å². The predicted octanol–water partition coefficient (Wildman–Crippen LogP) is 0.493. The van der Waals surface area contributed by atoms with Gasteiger partial charge < -0.3 is 10.5 Å². The summed E-state index contributed by atoms with van der Waals surface area (Å²) in [6, 6.07) is 3.31. The lowest BCUT2D eigenvalue weighted by atomic mass is 10.2. The maximum atomic E-state index is 11.2. The van der Waals surface area contributed by atoms with E-state index in [0.717, 1.165) is 0 Å². The SMILES string of the molecule is COCC(=O)c1ncccc1N. The number of Topliss-reactive ketones (excluding diaryl/α,β-unsaturated/α-hetero) is 1. The summed E-state index contributed by atoms with van der Waals surface area (Å²) in [7, 11) is 1.46. The number of pyridine rings is 1. The fourth-order valence-electron chi connectivity index (χ4n) is 0.850. The lowest BCUT2D eigenvalue weighted by molar-refractivity contribution is 0.0844. The molecular formula is C8H10N2O2. The van der Waals surface area contributed by atoms with Crippen molar-refractivity contribution in [1.29, 1.82) is 0 Å². The molecule has 4 heteroatoms. The van der Waals surface area contributed by atoms with Gasteiger partial charge in [0.15, 0.2) is 0 Å². The quantitative estimate of drug-likeness (QED) is 0.664. The zero-order valence-corrected chi connectivity index (χ0v) is 6.78. The van der Waals surface area contributed by atoms with Crippen LogP contribution in [0.1, 0.15) is 10.5 Å². The summed E-state index contributed by atoms with van der Waals surface area (Å²) >= 11 is 0. The Morgan fingerprint density at radius 3 is 3.08 bits per heavy atom. The van der Waals surface area contributed by atoms with Crippen molar-refractivity contribution in [2.75, 3.05) is 19.5 Å². The molecule has 0 aromatic carbocycles. The monoisotopic (exact) mass is 166 g/mol. The van der Waals surface area contributed by atoms with Gasteiger partial charge in [0.2, 0.25) is 5.78 Å². The molecule has 0 aliphatic carbocycles. The molecule has 1 heterocycles. The number of aromatic nitrogens is 1. The molecule has 4 nitrogen and oxygen atoms in total. The van der Waals surface area contributed by atoms with E-state index in [9.17, 15) is 4.79 Å². The molecule has 0 spiro atoms. The van der Waals surface area contributed by atoms with E-state index in [1.807, 2.05) is 0 Å². The third-order valence-corrected chi connectivity index (χ3v) is 1.38. The summed E-state index contributed by atoms with van der Waals surface area (Å²) in [5.41, 5.74) is 6.18. The Bertz CT molecular complexity index is 286. The van der Waals surface area contributed by atoms with E-state index < -0.39 is 0 Å². The number of nitrogens with zero attached hydrogens (tertiary/aromatic N) is 1. The molecule has 64 valence electrons. The highest BCUT2D eigenvalue weighted by atomic mass is 16.5. The predicted molar refractivity (Wildman–Crippen MR) is 44.9 cm³/mol. The summed E-state index contributed by atoms with van der Waals surface area (Å²) in [5, 5.41) is 0. The van der Waals surface area contributed by atoms with Crippen LogP contribution in [0.15, 0.2) is 18.3 Å². The smallest absolute Gasteiger partial charge is 0.208 e. The van der Waals surface area contributed by atoms with Gasteiger partial charge in [0.1, 0.15) is 12.3 Å². The molecule has 1 aromatic heterocycles. The molecule has 0 amide bonds. The number of methoxy groups -OCH3 is 1. The zero-order chi connectivity index (χ0) is 8.97. The first-order chi connectivity index (χ1) is 5.75. The number of rotatable bonds is 3. The topological polar surface area (TPSA) is 65.2 Å². The van der Waals surface area contributed by atoms with Crippen molar-refractivity contribution in [3.05, 3.63) is 24.0 Å². The van der Waals surface area contributed by atoms with Crippen molar-refractivity contribution in [3.63, 3.8) is 0 Å². The minimum Gasteiger partial charge on any atom is -0.397 e. The highest BCUT2D eigenvalue weighted by molar-refractivity contribution is 5.99. The number of nitrogen functional groups attached to an aromatic ring is 1. The minimum absolute atomic E-state index is 0.0151. The molecule has 0 saturated heterocycles. The first-order valence-corrected chi connectivity index (χ1v) is 3.48. The van der Waals surface area contributed by atoms with Gasteiger partial charge in [-0.3, -0.25) is 9.78 Å². The highest BCUT2D eigenvalue weighted by Gasteiger charge is 2.09. The van der Waals surface area contributed by atoms with E-state index in [-0.39, 0.29) is 18.1 Å². The van der Waals surface area contributed by atoms with Crippen molar-refractivity contribution in [3.8, 4) is 0 Å². The van der Waals surface area contributed by atoms with Gasteiger partial charge in [0.05, 0.1) is 5.69 Å². The third kappa shape index (κ3) is 1.79. The van der Waals surface area contributed by atoms with Crippen molar-refractivity contribution < 1.29 is 9.53 Å². The van der Waals surface area contributed by atoms with Crippen LogP contribution in [0.3, 0.4) is 0 Å². The lowest BCUT2D eigenvalue weighted by Crippen LogP contribution is -2.11. The Morgan fingerprint density at radius 2 is 2.50 bits per heavy atom. The van der Waals surface area contributed by atoms with Gasteiger partial charge in [0.25, 0.3) is 0 Å². The van der Waals surface area contributed by atoms with Gasteiger partial charge in [-0.1, -0.05) is 0 Å². The summed E-state index contributed by atoms with van der Waals surface area (Å²) in [6.07, 6.45) is 1.53. The average Bonchev–Trinajstić information content (AvgIpc) is 2.05. The van der Waals surface area contributed by atoms with Crippen LogP contribution in [-0.2, 0) is 4.74 Å². The molecule has 1 aromatic rings. The molecular weight excluding hydrogens is 156 g/mol. The Kier molecular flexibility index (Phi) is 2.76. The lowest BCUT2D eigenvalue weighted by Gasteiger charge is -2.00. The Hall–Kier alpha value is -1.42. The number of nitrogens with two attached hydrogens (primary N) is 1. The average molecular weight is 166 g/mol. The van der Waals surface area contributed by atoms with Crippen molar-refractivity contribution in [2.24, 2.45) is 0 Å². The summed E-state index contributed by atoms with van der Waals surface area (Å²) in [5.74, 6) is -0.199. The normalized spacial score (nSPS) is 9.75. The molecule has 0 fully saturated rings. The van der Waals surface area contributed by atoms with Crippen LogP contribution in [0.4, 0.5) is 5.69 Å². The Balaban J connectivity index is 2.87. The first-order valence-electron chi connectivity index (χ1n) is 3.48. The fourth-order valence-corrected chi connectivity index (χ4v) is 0.850. The van der Waals surface area contributed by atoms with E-state index in [4.69, 9.17) is 5.73 Å². The number of hydrogen-bond acceptors (Lipinski definition) is 4. The third-order valence-electron chi connectivity index (χ3n) is 1.38. The highest BCUT2D eigenvalue weighted by Crippen LogP contribution is 2.07. The molecule has 0 atom stereocenters. The molecule has 0 aliphatic rings. The maximum Gasteiger partial charge on any atom is 0.208 e. The summed E-state index contributed by atoms with van der Waals surface area (Å²) in [6.45, 7) is 0.0151. The number of carbonyl (C=O) groups is 1. The molecule has 0 bridgehead atoms. The van der Waals surface area contributed by atoms with Crippen LogP contribution < -0.4 is 5.73 Å². The molecule has 0 aliphatic heterocycles. The van der Waals surface area contributed by atoms with Crippen LogP contribution >= 0.6 is 0 Å². The van der Waals surface area contributed by atoms with E-state index in [1.165, 1.54) is 13.3 Å². The number of ether oxygens (including phenoxy) is 1. The van der Waals surface area contributed by atoms with E-state index in [2.05, 4.69) is 9.72 Å². The number of hydrogen-bond donors (Lipinski definition) is 1. The molecule has 12 heavy (non-hydrogen) atoms. The largest absolute Gasteiger partial charge is 0.397 e. The minimum atomic E-state index is -0.199. The Morgan fingerprint density at radius 1 is 1.75 bits per heavy atom. The van der Waals surface area contributed by atoms with Crippen molar-refractivity contribution >= 4 is 11.5 Å². The zero-order valence-electron chi connectivity index (χ0n) is 6.78. The second-order valence-electron chi connectivity index (χ2n) is 2.30. The van der Waals surface area contributed by atoms with Crippen LogP contribution in [-0.4, -0.2) is 24.5 Å². The molecule has 0 saturated carbocycles. The molecule has 0 radical (unpaired) electrons.